The van der Waals surface area contributed by atoms with Crippen LogP contribution in [-0.2, 0) is 66.5 Å². The van der Waals surface area contributed by atoms with Crippen LogP contribution >= 0.6 is 0 Å². The van der Waals surface area contributed by atoms with Crippen molar-refractivity contribution < 1.29 is 158 Å². The Morgan fingerprint density at radius 2 is 1.16 bits per heavy atom. The average Bonchev–Trinajstić information content (AvgIpc) is 0.669. The van der Waals surface area contributed by atoms with Gasteiger partial charge < -0.3 is 143 Å². The highest BCUT2D eigenvalue weighted by Crippen LogP contribution is 2.76. The zero-order valence-corrected chi connectivity index (χ0v) is 58.6. The molecule has 16 N–H and O–H groups in total. The summed E-state index contributed by atoms with van der Waals surface area (Å²) in [6, 6.07) is 4.88. The number of carboxylic acids is 1. The molecule has 32 nitrogen and oxygen atoms in total. The van der Waals surface area contributed by atoms with Crippen LogP contribution in [0.15, 0.2) is 35.9 Å². The van der Waals surface area contributed by atoms with Gasteiger partial charge in [-0.25, -0.2) is 4.79 Å². The fraction of sp³-hybridized carbons (Fsp3) is 0.814. The Balaban J connectivity index is 0.850. The maximum atomic E-state index is 15.9. The van der Waals surface area contributed by atoms with Gasteiger partial charge in [0.25, 0.3) is 0 Å². The number of carbonyl (C=O) groups excluding carboxylic acids is 2. The Kier molecular flexibility index (Phi) is 23.2. The van der Waals surface area contributed by atoms with E-state index in [1.807, 2.05) is 6.92 Å². The first kappa shape index (κ1) is 78.8. The van der Waals surface area contributed by atoms with Crippen molar-refractivity contribution in [3.8, 4) is 11.5 Å². The molecular weight excluding hydrogens is 1350 g/mol. The standard InChI is InChI=1S/C70H104O32/c1-29-54(99-58-49(82)45(78)39(27-92-58)97-60-50(83)46(79)43(76)37(25-71)95-60)48(81)52(85)59(93-29)100-56-53(86)55(98-42(75)15-11-31-10-13-35(90-8)36(22-31)91-9)30(2)94-62(56)102-64(89)69-19-18-65(3,4)23-33(69)32-12-14-40-66(5)24-34(74)57(101-61-51(84)47(80)44(77)38(26-72)96-61)68(7,63(87)88)41(66)16-17-67(40,6)70(32,28-73)21-20-69/h10-13,15,22,29-30,33-34,37-41,43-62,71-74,76-86H,14,16-21,23-28H2,1-9H3,(H,87,88)/t29-,30+,33+,34+,37-,38-,39-,40-,41-,43+,44-,45+,46+,47+,48-,49-,50-,51-,52+,53-,54-,55-,56+,57+,58+,59-,60+,61+,62-,66-,67-,68+,69+,70+/m1/s1. The Hall–Kier alpha value is -4.25. The molecule has 5 heterocycles. The van der Waals surface area contributed by atoms with Gasteiger partial charge in [0.2, 0.25) is 6.29 Å². The Morgan fingerprint density at radius 3 is 1.77 bits per heavy atom. The van der Waals surface area contributed by atoms with E-state index >= 15 is 4.79 Å². The van der Waals surface area contributed by atoms with Crippen LogP contribution in [0.25, 0.3) is 6.08 Å². The largest absolute Gasteiger partial charge is 0.493 e. The minimum Gasteiger partial charge on any atom is -0.493 e. The molecule has 102 heavy (non-hydrogen) atoms. The van der Waals surface area contributed by atoms with Crippen molar-refractivity contribution >= 4 is 24.0 Å². The van der Waals surface area contributed by atoms with Crippen molar-refractivity contribution in [1.29, 1.82) is 0 Å². The fourth-order valence-electron chi connectivity index (χ4n) is 19.3. The summed E-state index contributed by atoms with van der Waals surface area (Å²) in [5.41, 5.74) is -5.03. The second-order valence-corrected chi connectivity index (χ2v) is 31.3. The molecule has 1 aromatic rings. The van der Waals surface area contributed by atoms with Gasteiger partial charge in [0.05, 0.1) is 69.8 Å². The van der Waals surface area contributed by atoms with Crippen LogP contribution in [0.4, 0.5) is 0 Å². The molecule has 11 rings (SSSR count). The van der Waals surface area contributed by atoms with E-state index in [0.29, 0.717) is 42.7 Å². The van der Waals surface area contributed by atoms with Crippen LogP contribution in [0.2, 0.25) is 0 Å². The molecule has 4 saturated carbocycles. The third-order valence-corrected chi connectivity index (χ3v) is 25.2. The zero-order valence-electron chi connectivity index (χ0n) is 58.6. The molecule has 10 aliphatic rings. The van der Waals surface area contributed by atoms with Crippen LogP contribution in [0.5, 0.6) is 11.5 Å². The highest BCUT2D eigenvalue weighted by Gasteiger charge is 2.74. The number of ether oxygens (including phenoxy) is 13. The molecule has 0 aromatic heterocycles. The molecule has 5 aliphatic heterocycles. The summed E-state index contributed by atoms with van der Waals surface area (Å²) >= 11 is 0. The van der Waals surface area contributed by atoms with Gasteiger partial charge in [-0.2, -0.15) is 0 Å². The van der Waals surface area contributed by atoms with Gasteiger partial charge in [0.1, 0.15) is 97.7 Å². The summed E-state index contributed by atoms with van der Waals surface area (Å²) in [4.78, 5) is 43.6. The van der Waals surface area contributed by atoms with Crippen molar-refractivity contribution in [2.24, 2.45) is 50.2 Å². The maximum absolute atomic E-state index is 15.9. The quantitative estimate of drug-likeness (QED) is 0.0302. The van der Waals surface area contributed by atoms with Gasteiger partial charge in [-0.05, 0) is 136 Å². The number of carbonyl (C=O) groups is 3. The molecular formula is C70H104O32. The van der Waals surface area contributed by atoms with E-state index in [0.717, 1.165) is 11.6 Å². The lowest BCUT2D eigenvalue weighted by molar-refractivity contribution is -0.378. The molecule has 1 aromatic carbocycles. The zero-order chi connectivity index (χ0) is 74.4. The van der Waals surface area contributed by atoms with Gasteiger partial charge >= 0.3 is 17.9 Å². The number of hydrogen-bond acceptors (Lipinski definition) is 31. The van der Waals surface area contributed by atoms with E-state index in [4.69, 9.17) is 61.6 Å². The van der Waals surface area contributed by atoms with Crippen molar-refractivity contribution in [2.75, 3.05) is 40.6 Å². The summed E-state index contributed by atoms with van der Waals surface area (Å²) < 4.78 is 76.7. The van der Waals surface area contributed by atoms with E-state index < -0.39 is 236 Å². The number of aliphatic hydroxyl groups is 15. The lowest BCUT2D eigenvalue weighted by atomic mass is 9.33. The molecule has 5 aliphatic carbocycles. The number of hydrogen-bond donors (Lipinski definition) is 16. The number of aliphatic hydroxyl groups excluding tert-OH is 15. The van der Waals surface area contributed by atoms with E-state index in [2.05, 4.69) is 26.8 Å². The number of esters is 2. The van der Waals surface area contributed by atoms with Crippen molar-refractivity contribution in [3.05, 3.63) is 41.5 Å². The van der Waals surface area contributed by atoms with E-state index in [9.17, 15) is 91.3 Å². The Morgan fingerprint density at radius 1 is 0.578 bits per heavy atom. The van der Waals surface area contributed by atoms with Crippen LogP contribution < -0.4 is 9.47 Å². The molecule has 0 spiro atoms. The molecule has 0 amide bonds. The van der Waals surface area contributed by atoms with Gasteiger partial charge in [-0.3, -0.25) is 9.59 Å². The van der Waals surface area contributed by atoms with E-state index in [-0.39, 0.29) is 50.0 Å². The normalized spacial score (nSPS) is 48.6. The fourth-order valence-corrected chi connectivity index (χ4v) is 19.3. The number of aliphatic carboxylic acids is 1. The number of methoxy groups -OCH3 is 2. The first-order valence-electron chi connectivity index (χ1n) is 35.2. The predicted molar refractivity (Wildman–Crippen MR) is 344 cm³/mol. The molecule has 5 saturated heterocycles. The first-order valence-corrected chi connectivity index (χ1v) is 35.2. The monoisotopic (exact) mass is 1460 g/mol. The second kappa shape index (κ2) is 30.1. The topological polar surface area (TPSA) is 495 Å². The Labute approximate surface area is 589 Å². The minimum absolute atomic E-state index is 0.00308. The predicted octanol–water partition coefficient (Wildman–Crippen LogP) is -2.23. The van der Waals surface area contributed by atoms with Crippen LogP contribution in [0, 0.1) is 50.2 Å². The van der Waals surface area contributed by atoms with Crippen LogP contribution in [0.3, 0.4) is 0 Å². The number of rotatable bonds is 19. The van der Waals surface area contributed by atoms with Crippen LogP contribution in [0.1, 0.15) is 112 Å². The van der Waals surface area contributed by atoms with Gasteiger partial charge in [0.15, 0.2) is 48.9 Å². The van der Waals surface area contributed by atoms with Gasteiger partial charge in [-0.15, -0.1) is 0 Å². The van der Waals surface area contributed by atoms with Crippen molar-refractivity contribution in [1.82, 2.24) is 0 Å². The molecule has 9 fully saturated rings. The Bertz CT molecular complexity index is 3190. The third kappa shape index (κ3) is 13.6. The number of allylic oxidation sites excluding steroid dienone is 1. The van der Waals surface area contributed by atoms with Crippen molar-refractivity contribution in [2.45, 2.75) is 266 Å². The second-order valence-electron chi connectivity index (χ2n) is 31.3. The lowest BCUT2D eigenvalue weighted by Crippen LogP contribution is -2.71. The summed E-state index contributed by atoms with van der Waals surface area (Å²) in [6.07, 6.45) is -37.1. The molecule has 32 heteroatoms. The van der Waals surface area contributed by atoms with Gasteiger partial charge in [0, 0.05) is 11.5 Å². The van der Waals surface area contributed by atoms with Crippen LogP contribution in [-0.4, -0.2) is 300 Å². The molecule has 0 radical (unpaired) electrons. The summed E-state index contributed by atoms with van der Waals surface area (Å²) in [7, 11) is 2.90. The minimum atomic E-state index is -2.08. The maximum Gasteiger partial charge on any atom is 0.331 e. The highest BCUT2D eigenvalue weighted by atomic mass is 16.8. The lowest BCUT2D eigenvalue weighted by Gasteiger charge is -2.71. The van der Waals surface area contributed by atoms with Crippen molar-refractivity contribution in [3.63, 3.8) is 0 Å². The number of carboxylic acid groups (broad SMARTS) is 1. The van der Waals surface area contributed by atoms with E-state index in [1.54, 1.807) is 18.2 Å². The average molecular weight is 1460 g/mol. The number of fused-ring (bicyclic) bond motifs is 7. The van der Waals surface area contributed by atoms with Gasteiger partial charge in [-0.1, -0.05) is 45.4 Å². The summed E-state index contributed by atoms with van der Waals surface area (Å²) in [6.45, 7) is 10.1. The molecule has 576 valence electrons. The highest BCUT2D eigenvalue weighted by molar-refractivity contribution is 5.87. The summed E-state index contributed by atoms with van der Waals surface area (Å²) in [5, 5.41) is 178. The van der Waals surface area contributed by atoms with E-state index in [1.165, 1.54) is 41.1 Å². The first-order chi connectivity index (χ1) is 48.0. The molecule has 34 atom stereocenters. The summed E-state index contributed by atoms with van der Waals surface area (Å²) in [5.74, 6) is -3.91. The SMILES string of the molecule is COc1ccc(C=CC(=O)O[C@H]2[C@@H](O)[C@H](O[C@H]3O[C@H](C)[C@@H](O[C@@H]4OC[C@@H](O[C@@H]5O[C@H](CO)[C@H](O)[C@H](O)[C@H]5O)[C@H](O)[C@H]4O)[C@H](O)[C@@H]3O)[C@@H](OC(=O)[C@]34CCC(C)(C)C[C@H]3C3=CC[C@@H]5[C@@]6(C)C[C@H](O)[C@H](O[C@@H]7O[C@H](CO)[C@@H](O)[C@H](O)[C@H]7O)[C@@](C)(C(=O)O)[C@@H]6CC[C@@]5(C)[C@]3(CO)CC4)O[C@H]2C)cc1OC. The molecule has 0 unspecified atom stereocenters. The molecule has 0 bridgehead atoms. The smallest absolute Gasteiger partial charge is 0.331 e. The third-order valence-electron chi connectivity index (χ3n) is 25.2. The number of benzene rings is 1.